The number of carbonyl (C=O) groups excluding carboxylic acids is 1. The zero-order valence-corrected chi connectivity index (χ0v) is 17.2. The summed E-state index contributed by atoms with van der Waals surface area (Å²) < 4.78 is 16.4. The second kappa shape index (κ2) is 10.1. The van der Waals surface area contributed by atoms with Gasteiger partial charge in [0, 0.05) is 11.1 Å². The predicted molar refractivity (Wildman–Crippen MR) is 118 cm³/mol. The fraction of sp³-hybridized carbons (Fsp3) is 0.167. The second-order valence-electron chi connectivity index (χ2n) is 6.26. The Balaban J connectivity index is 1.91. The molecule has 0 aliphatic rings. The highest BCUT2D eigenvalue weighted by Crippen LogP contribution is 2.28. The van der Waals surface area contributed by atoms with Crippen molar-refractivity contribution in [1.82, 2.24) is 0 Å². The van der Waals surface area contributed by atoms with Gasteiger partial charge in [-0.25, -0.2) is 4.99 Å². The van der Waals surface area contributed by atoms with E-state index >= 15 is 0 Å². The number of hydrogen-bond acceptors (Lipinski definition) is 5. The molecule has 0 atom stereocenters. The van der Waals surface area contributed by atoms with Gasteiger partial charge in [0.2, 0.25) is 5.90 Å². The molecule has 0 spiro atoms. The Morgan fingerprint density at radius 1 is 0.867 bits per heavy atom. The van der Waals surface area contributed by atoms with Crippen LogP contribution in [0.5, 0.6) is 11.5 Å². The van der Waals surface area contributed by atoms with E-state index in [1.165, 1.54) is 0 Å². The molecule has 6 heteroatoms. The first kappa shape index (κ1) is 20.9. The molecule has 0 saturated carbocycles. The summed E-state index contributed by atoms with van der Waals surface area (Å²) in [5.41, 5.74) is 2.41. The van der Waals surface area contributed by atoms with Gasteiger partial charge in [0.15, 0.2) is 0 Å². The Bertz CT molecular complexity index is 1050. The molecule has 0 unspecified atom stereocenters. The van der Waals surface area contributed by atoms with Crippen molar-refractivity contribution < 1.29 is 19.0 Å². The van der Waals surface area contributed by atoms with Crippen molar-refractivity contribution in [2.75, 3.05) is 26.1 Å². The van der Waals surface area contributed by atoms with Gasteiger partial charge in [0.25, 0.3) is 5.91 Å². The monoisotopic (exact) mass is 404 g/mol. The van der Waals surface area contributed by atoms with Crippen LogP contribution >= 0.6 is 0 Å². The van der Waals surface area contributed by atoms with Gasteiger partial charge in [0.05, 0.1) is 26.5 Å². The second-order valence-corrected chi connectivity index (χ2v) is 6.26. The van der Waals surface area contributed by atoms with Crippen LogP contribution in [0.15, 0.2) is 77.8 Å². The topological polar surface area (TPSA) is 69.2 Å². The fourth-order valence-corrected chi connectivity index (χ4v) is 2.88. The molecular weight excluding hydrogens is 380 g/mol. The van der Waals surface area contributed by atoms with Crippen molar-refractivity contribution in [3.63, 3.8) is 0 Å². The number of amides is 1. The van der Waals surface area contributed by atoms with E-state index in [0.29, 0.717) is 46.5 Å². The molecule has 6 nitrogen and oxygen atoms in total. The summed E-state index contributed by atoms with van der Waals surface area (Å²) in [6.07, 6.45) is 0. The number of anilines is 1. The number of carbonyl (C=O) groups is 1. The zero-order valence-electron chi connectivity index (χ0n) is 17.2. The SMILES string of the molecule is CCOC(=Nc1ccccc1OC)c1cccc(C(=O)Nc2ccccc2OC)c1. The number of para-hydroxylation sites is 4. The summed E-state index contributed by atoms with van der Waals surface area (Å²) in [4.78, 5) is 17.4. The maximum atomic E-state index is 12.8. The molecule has 1 N–H and O–H groups in total. The van der Waals surface area contributed by atoms with Crippen LogP contribution in [0.25, 0.3) is 0 Å². The number of methoxy groups -OCH3 is 2. The largest absolute Gasteiger partial charge is 0.495 e. The van der Waals surface area contributed by atoms with E-state index in [2.05, 4.69) is 10.3 Å². The molecule has 3 aromatic rings. The molecule has 0 radical (unpaired) electrons. The van der Waals surface area contributed by atoms with Gasteiger partial charge in [0.1, 0.15) is 17.2 Å². The lowest BCUT2D eigenvalue weighted by Crippen LogP contribution is -2.14. The molecule has 0 saturated heterocycles. The van der Waals surface area contributed by atoms with Gasteiger partial charge >= 0.3 is 0 Å². The van der Waals surface area contributed by atoms with E-state index in [1.807, 2.05) is 49.4 Å². The lowest BCUT2D eigenvalue weighted by atomic mass is 10.1. The van der Waals surface area contributed by atoms with Gasteiger partial charge in [-0.2, -0.15) is 0 Å². The minimum absolute atomic E-state index is 0.255. The van der Waals surface area contributed by atoms with E-state index < -0.39 is 0 Å². The van der Waals surface area contributed by atoms with Crippen LogP contribution in [0.2, 0.25) is 0 Å². The quantitative estimate of drug-likeness (QED) is 0.441. The summed E-state index contributed by atoms with van der Waals surface area (Å²) >= 11 is 0. The molecule has 30 heavy (non-hydrogen) atoms. The first-order valence-corrected chi connectivity index (χ1v) is 9.55. The number of hydrogen-bond donors (Lipinski definition) is 1. The van der Waals surface area contributed by atoms with E-state index in [9.17, 15) is 4.79 Å². The molecule has 0 aromatic heterocycles. The number of ether oxygens (including phenoxy) is 3. The molecule has 0 bridgehead atoms. The number of nitrogens with one attached hydrogen (secondary N) is 1. The number of rotatable bonds is 7. The van der Waals surface area contributed by atoms with Crippen LogP contribution < -0.4 is 14.8 Å². The lowest BCUT2D eigenvalue weighted by Gasteiger charge is -2.12. The Labute approximate surface area is 176 Å². The standard InChI is InChI=1S/C24H24N2O4/c1-4-30-24(26-20-13-6-8-15-22(20)29-3)18-11-9-10-17(16-18)23(27)25-19-12-5-7-14-21(19)28-2/h5-16H,4H2,1-3H3,(H,25,27). The van der Waals surface area contributed by atoms with Gasteiger partial charge in [-0.05, 0) is 49.4 Å². The van der Waals surface area contributed by atoms with Gasteiger partial charge in [-0.15, -0.1) is 0 Å². The Morgan fingerprint density at radius 2 is 1.53 bits per heavy atom. The van der Waals surface area contributed by atoms with Crippen molar-refractivity contribution in [3.8, 4) is 11.5 Å². The highest BCUT2D eigenvalue weighted by atomic mass is 16.5. The summed E-state index contributed by atoms with van der Waals surface area (Å²) in [6.45, 7) is 2.32. The van der Waals surface area contributed by atoms with E-state index in [1.54, 1.807) is 44.6 Å². The van der Waals surface area contributed by atoms with Crippen molar-refractivity contribution in [1.29, 1.82) is 0 Å². The van der Waals surface area contributed by atoms with Crippen LogP contribution in [0, 0.1) is 0 Å². The van der Waals surface area contributed by atoms with Crippen molar-refractivity contribution >= 4 is 23.2 Å². The molecule has 1 amide bonds. The zero-order chi connectivity index (χ0) is 21.3. The first-order chi connectivity index (χ1) is 14.7. The fourth-order valence-electron chi connectivity index (χ4n) is 2.88. The normalized spacial score (nSPS) is 11.0. The average molecular weight is 404 g/mol. The van der Waals surface area contributed by atoms with Crippen LogP contribution in [0.1, 0.15) is 22.8 Å². The van der Waals surface area contributed by atoms with Crippen molar-refractivity contribution in [3.05, 3.63) is 83.9 Å². The summed E-state index contributed by atoms with van der Waals surface area (Å²) in [5, 5.41) is 2.88. The van der Waals surface area contributed by atoms with E-state index in [4.69, 9.17) is 14.2 Å². The first-order valence-electron chi connectivity index (χ1n) is 9.55. The van der Waals surface area contributed by atoms with Crippen LogP contribution in [-0.4, -0.2) is 32.6 Å². The van der Waals surface area contributed by atoms with Crippen LogP contribution in [0.3, 0.4) is 0 Å². The third-order valence-corrected chi connectivity index (χ3v) is 4.32. The van der Waals surface area contributed by atoms with Gasteiger partial charge in [-0.3, -0.25) is 4.79 Å². The van der Waals surface area contributed by atoms with E-state index in [-0.39, 0.29) is 5.91 Å². The number of aliphatic imine (C=N–C) groups is 1. The minimum atomic E-state index is -0.255. The van der Waals surface area contributed by atoms with Crippen LogP contribution in [-0.2, 0) is 4.74 Å². The highest BCUT2D eigenvalue weighted by molar-refractivity contribution is 6.07. The Hall–Kier alpha value is -3.80. The molecular formula is C24H24N2O4. The number of nitrogens with zero attached hydrogens (tertiary/aromatic N) is 1. The molecule has 0 aliphatic carbocycles. The molecule has 0 aliphatic heterocycles. The molecule has 0 fully saturated rings. The maximum Gasteiger partial charge on any atom is 0.255 e. The molecule has 3 rings (SSSR count). The van der Waals surface area contributed by atoms with Crippen molar-refractivity contribution in [2.24, 2.45) is 4.99 Å². The Morgan fingerprint density at radius 3 is 2.27 bits per heavy atom. The smallest absolute Gasteiger partial charge is 0.255 e. The van der Waals surface area contributed by atoms with E-state index in [0.717, 1.165) is 0 Å². The summed E-state index contributed by atoms with van der Waals surface area (Å²) in [5.74, 6) is 1.39. The third-order valence-electron chi connectivity index (χ3n) is 4.32. The molecule has 3 aromatic carbocycles. The Kier molecular flexibility index (Phi) is 7.05. The van der Waals surface area contributed by atoms with Crippen LogP contribution in [0.4, 0.5) is 11.4 Å². The molecule has 154 valence electrons. The summed E-state index contributed by atoms with van der Waals surface area (Å²) in [6, 6.07) is 21.8. The average Bonchev–Trinajstić information content (AvgIpc) is 2.79. The lowest BCUT2D eigenvalue weighted by molar-refractivity contribution is 0.102. The predicted octanol–water partition coefficient (Wildman–Crippen LogP) is 5.07. The minimum Gasteiger partial charge on any atom is -0.495 e. The third kappa shape index (κ3) is 4.97. The summed E-state index contributed by atoms with van der Waals surface area (Å²) in [7, 11) is 3.16. The van der Waals surface area contributed by atoms with Gasteiger partial charge < -0.3 is 19.5 Å². The maximum absolute atomic E-state index is 12.8. The highest BCUT2D eigenvalue weighted by Gasteiger charge is 2.13. The number of benzene rings is 3. The molecule has 0 heterocycles. The van der Waals surface area contributed by atoms with Gasteiger partial charge in [-0.1, -0.05) is 30.3 Å². The van der Waals surface area contributed by atoms with Crippen molar-refractivity contribution in [2.45, 2.75) is 6.92 Å².